The summed E-state index contributed by atoms with van der Waals surface area (Å²) in [7, 11) is 3.34. The van der Waals surface area contributed by atoms with Crippen LogP contribution in [0.3, 0.4) is 0 Å². The normalized spacial score (nSPS) is 18.5. The largest absolute Gasteiger partial charge is 0.493 e. The lowest BCUT2D eigenvalue weighted by atomic mass is 9.85. The van der Waals surface area contributed by atoms with Crippen LogP contribution in [0.4, 0.5) is 0 Å². The maximum atomic E-state index is 12.5. The van der Waals surface area contributed by atoms with Crippen LogP contribution in [0.1, 0.15) is 44.7 Å². The second kappa shape index (κ2) is 7.66. The number of carbonyl (C=O) groups excluding carboxylic acids is 1. The van der Waals surface area contributed by atoms with E-state index in [-0.39, 0.29) is 5.97 Å². The lowest BCUT2D eigenvalue weighted by Gasteiger charge is -2.33. The quantitative estimate of drug-likeness (QED) is 0.311. The van der Waals surface area contributed by atoms with Crippen molar-refractivity contribution in [3.63, 3.8) is 0 Å². The van der Waals surface area contributed by atoms with E-state index in [4.69, 9.17) is 14.2 Å². The van der Waals surface area contributed by atoms with E-state index in [1.165, 1.54) is 34.7 Å². The number of carbonyl (C=O) groups is 1. The predicted octanol–water partition coefficient (Wildman–Crippen LogP) is 5.48. The van der Waals surface area contributed by atoms with Gasteiger partial charge in [0.2, 0.25) is 0 Å². The molecule has 168 valence electrons. The van der Waals surface area contributed by atoms with Crippen molar-refractivity contribution in [2.45, 2.75) is 52.6 Å². The molecule has 2 aliphatic heterocycles. The van der Waals surface area contributed by atoms with Crippen molar-refractivity contribution < 1.29 is 19.0 Å². The highest BCUT2D eigenvalue weighted by Crippen LogP contribution is 2.44. The van der Waals surface area contributed by atoms with Crippen molar-refractivity contribution in [1.82, 2.24) is 4.90 Å². The Hall–Kier alpha value is -2.79. The highest BCUT2D eigenvalue weighted by atomic mass is 16.5. The monoisotopic (exact) mass is 433 g/mol. The number of benzene rings is 3. The molecule has 0 aliphatic carbocycles. The SMILES string of the molecule is COc1cc2c3c(c4ccc(OC(=O)C(C)(C)C)cc4c2cc1OC)CN1CCC[C@@H]1C3. The van der Waals surface area contributed by atoms with E-state index < -0.39 is 5.41 Å². The van der Waals surface area contributed by atoms with Gasteiger partial charge in [-0.1, -0.05) is 6.07 Å². The molecule has 1 atom stereocenters. The summed E-state index contributed by atoms with van der Waals surface area (Å²) < 4.78 is 17.0. The van der Waals surface area contributed by atoms with Crippen LogP contribution in [0.25, 0.3) is 21.5 Å². The highest BCUT2D eigenvalue weighted by molar-refractivity contribution is 6.12. The second-order valence-corrected chi connectivity index (χ2v) is 10.0. The number of hydrogen-bond acceptors (Lipinski definition) is 5. The van der Waals surface area contributed by atoms with Crippen molar-refractivity contribution in [3.8, 4) is 17.2 Å². The minimum absolute atomic E-state index is 0.238. The molecule has 3 aromatic rings. The first kappa shape index (κ1) is 21.1. The van der Waals surface area contributed by atoms with Crippen molar-refractivity contribution >= 4 is 27.5 Å². The molecule has 5 nitrogen and oxygen atoms in total. The van der Waals surface area contributed by atoms with Gasteiger partial charge in [0, 0.05) is 12.6 Å². The van der Waals surface area contributed by atoms with E-state index >= 15 is 0 Å². The standard InChI is InChI=1S/C27H31NO4/c1-27(2,3)26(29)32-17-8-9-18-20(12-17)22-14-25(31-5)24(30-4)13-21(22)19-11-16-7-6-10-28(16)15-23(18)19/h8-9,12-14,16H,6-7,10-11,15H2,1-5H3/t16-/m1/s1. The number of esters is 1. The fourth-order valence-corrected chi connectivity index (χ4v) is 5.20. The summed E-state index contributed by atoms with van der Waals surface area (Å²) in [6.07, 6.45) is 3.57. The Kier molecular flexibility index (Phi) is 5.05. The molecule has 3 aromatic carbocycles. The lowest BCUT2D eigenvalue weighted by molar-refractivity contribution is -0.142. The second-order valence-electron chi connectivity index (χ2n) is 10.0. The first-order chi connectivity index (χ1) is 15.3. The van der Waals surface area contributed by atoms with Crippen LogP contribution >= 0.6 is 0 Å². The number of fused-ring (bicyclic) bond motifs is 7. The van der Waals surface area contributed by atoms with Gasteiger partial charge >= 0.3 is 5.97 Å². The van der Waals surface area contributed by atoms with E-state index in [1.54, 1.807) is 14.2 Å². The molecule has 0 radical (unpaired) electrons. The van der Waals surface area contributed by atoms with Crippen LogP contribution in [-0.2, 0) is 17.8 Å². The van der Waals surface area contributed by atoms with E-state index in [0.717, 1.165) is 36.0 Å². The Bertz CT molecular complexity index is 1220. The molecule has 0 N–H and O–H groups in total. The Morgan fingerprint density at radius 3 is 2.31 bits per heavy atom. The molecular formula is C27H31NO4. The molecule has 32 heavy (non-hydrogen) atoms. The first-order valence-electron chi connectivity index (χ1n) is 11.4. The van der Waals surface area contributed by atoms with Gasteiger partial charge < -0.3 is 14.2 Å². The molecule has 0 amide bonds. The van der Waals surface area contributed by atoms with Gasteiger partial charge in [0.1, 0.15) is 5.75 Å². The average molecular weight is 434 g/mol. The summed E-state index contributed by atoms with van der Waals surface area (Å²) in [5.74, 6) is 1.78. The fourth-order valence-electron chi connectivity index (χ4n) is 5.20. The molecular weight excluding hydrogens is 402 g/mol. The molecule has 0 unspecified atom stereocenters. The van der Waals surface area contributed by atoms with Gasteiger partial charge in [0.15, 0.2) is 11.5 Å². The number of rotatable bonds is 3. The van der Waals surface area contributed by atoms with E-state index in [2.05, 4.69) is 23.1 Å². The third-order valence-electron chi connectivity index (χ3n) is 6.94. The lowest BCUT2D eigenvalue weighted by Crippen LogP contribution is -2.35. The van der Waals surface area contributed by atoms with Crippen molar-refractivity contribution in [2.75, 3.05) is 20.8 Å². The number of ether oxygens (including phenoxy) is 3. The van der Waals surface area contributed by atoms with Crippen LogP contribution in [0.5, 0.6) is 17.2 Å². The molecule has 5 heteroatoms. The van der Waals surface area contributed by atoms with E-state index in [9.17, 15) is 4.79 Å². The zero-order valence-electron chi connectivity index (χ0n) is 19.6. The third-order valence-corrected chi connectivity index (χ3v) is 6.94. The van der Waals surface area contributed by atoms with Crippen molar-refractivity contribution in [3.05, 3.63) is 41.5 Å². The van der Waals surface area contributed by atoms with E-state index in [1.807, 2.05) is 32.9 Å². The first-order valence-corrected chi connectivity index (χ1v) is 11.4. The summed E-state index contributed by atoms with van der Waals surface area (Å²) in [4.78, 5) is 15.1. The van der Waals surface area contributed by atoms with Gasteiger partial charge in [-0.2, -0.15) is 0 Å². The average Bonchev–Trinajstić information content (AvgIpc) is 3.24. The van der Waals surface area contributed by atoms with Crippen molar-refractivity contribution in [2.24, 2.45) is 5.41 Å². The molecule has 0 aromatic heterocycles. The predicted molar refractivity (Wildman–Crippen MR) is 127 cm³/mol. The van der Waals surface area contributed by atoms with Gasteiger partial charge in [0.05, 0.1) is 19.6 Å². The molecule has 1 saturated heterocycles. The molecule has 1 fully saturated rings. The van der Waals surface area contributed by atoms with Crippen LogP contribution in [0, 0.1) is 5.41 Å². The zero-order chi connectivity index (χ0) is 22.6. The molecule has 0 spiro atoms. The number of methoxy groups -OCH3 is 2. The fraction of sp³-hybridized carbons (Fsp3) is 0.444. The van der Waals surface area contributed by atoms with Crippen LogP contribution < -0.4 is 14.2 Å². The van der Waals surface area contributed by atoms with Gasteiger partial charge in [0.25, 0.3) is 0 Å². The van der Waals surface area contributed by atoms with Crippen molar-refractivity contribution in [1.29, 1.82) is 0 Å². The Morgan fingerprint density at radius 1 is 0.938 bits per heavy atom. The smallest absolute Gasteiger partial charge is 0.316 e. The van der Waals surface area contributed by atoms with Gasteiger partial charge in [-0.3, -0.25) is 9.69 Å². The summed E-state index contributed by atoms with van der Waals surface area (Å²) in [5.41, 5.74) is 2.23. The van der Waals surface area contributed by atoms with Crippen LogP contribution in [0.2, 0.25) is 0 Å². The molecule has 2 heterocycles. The number of hydrogen-bond donors (Lipinski definition) is 0. The minimum atomic E-state index is -0.561. The van der Waals surface area contributed by atoms with Gasteiger partial charge in [-0.25, -0.2) is 0 Å². The molecule has 0 saturated carbocycles. The highest BCUT2D eigenvalue weighted by Gasteiger charge is 2.32. The van der Waals surface area contributed by atoms with Crippen LogP contribution in [0.15, 0.2) is 30.3 Å². The van der Waals surface area contributed by atoms with Gasteiger partial charge in [-0.15, -0.1) is 0 Å². The van der Waals surface area contributed by atoms with Crippen LogP contribution in [-0.4, -0.2) is 37.7 Å². The van der Waals surface area contributed by atoms with Gasteiger partial charge in [-0.05, 0) is 104 Å². The maximum absolute atomic E-state index is 12.5. The number of nitrogens with zero attached hydrogens (tertiary/aromatic N) is 1. The summed E-state index contributed by atoms with van der Waals surface area (Å²) in [5, 5.41) is 4.62. The topological polar surface area (TPSA) is 48.0 Å². The minimum Gasteiger partial charge on any atom is -0.493 e. The maximum Gasteiger partial charge on any atom is 0.316 e. The zero-order valence-corrected chi connectivity index (χ0v) is 19.6. The third kappa shape index (κ3) is 3.39. The Balaban J connectivity index is 1.76. The summed E-state index contributed by atoms with van der Waals surface area (Å²) >= 11 is 0. The van der Waals surface area contributed by atoms with E-state index in [0.29, 0.717) is 17.5 Å². The molecule has 5 rings (SSSR count). The summed E-state index contributed by atoms with van der Waals surface area (Å²) in [6, 6.07) is 10.8. The molecule has 2 aliphatic rings. The Labute approximate surface area is 189 Å². The Morgan fingerprint density at radius 2 is 1.62 bits per heavy atom. The summed E-state index contributed by atoms with van der Waals surface area (Å²) in [6.45, 7) is 7.72. The molecule has 0 bridgehead atoms.